The Morgan fingerprint density at radius 1 is 1.12 bits per heavy atom. The van der Waals surface area contributed by atoms with Gasteiger partial charge in [0.1, 0.15) is 5.75 Å². The van der Waals surface area contributed by atoms with Gasteiger partial charge in [0, 0.05) is 5.56 Å². The molecule has 2 rings (SSSR count). The number of alkyl halides is 3. The number of halogens is 4. The van der Waals surface area contributed by atoms with Gasteiger partial charge in [0.15, 0.2) is 28.1 Å². The van der Waals surface area contributed by atoms with Crippen LogP contribution >= 0.6 is 35.2 Å². The lowest BCUT2D eigenvalue weighted by atomic mass is 10.1. The van der Waals surface area contributed by atoms with Gasteiger partial charge in [0.05, 0.1) is 11.3 Å². The lowest BCUT2D eigenvalue weighted by Gasteiger charge is -2.16. The lowest BCUT2D eigenvalue weighted by molar-refractivity contribution is -0.137. The predicted octanol–water partition coefficient (Wildman–Crippen LogP) is 4.56. The Labute approximate surface area is 155 Å². The molecule has 0 heterocycles. The van der Waals surface area contributed by atoms with Crippen molar-refractivity contribution in [3.05, 3.63) is 59.7 Å². The molecule has 0 fully saturated rings. The number of carbonyl (C=O) groups is 1. The first-order valence-corrected chi connectivity index (χ1v) is 7.77. The van der Waals surface area contributed by atoms with E-state index in [0.717, 1.165) is 6.07 Å². The molecule has 0 unspecified atom stereocenters. The van der Waals surface area contributed by atoms with Crippen LogP contribution in [-0.4, -0.2) is 11.0 Å². The minimum absolute atomic E-state index is 0.0488. The Hall–Kier alpha value is -1.88. The second-order valence-corrected chi connectivity index (χ2v) is 5.41. The molecule has 0 spiro atoms. The van der Waals surface area contributed by atoms with Crippen LogP contribution in [-0.2, 0) is 6.18 Å². The second-order valence-electron chi connectivity index (χ2n) is 4.56. The Morgan fingerprint density at radius 3 is 2.38 bits per heavy atom. The van der Waals surface area contributed by atoms with E-state index in [2.05, 4.69) is 10.6 Å². The number of benzene rings is 2. The molecule has 2 N–H and O–H groups in total. The van der Waals surface area contributed by atoms with Crippen LogP contribution in [0.25, 0.3) is 0 Å². The summed E-state index contributed by atoms with van der Waals surface area (Å²) in [5, 5.41) is 4.49. The molecule has 4 nitrogen and oxygen atoms in total. The molecular weight excluding hydrogens is 456 g/mol. The van der Waals surface area contributed by atoms with Crippen molar-refractivity contribution in [2.45, 2.75) is 6.18 Å². The van der Waals surface area contributed by atoms with Crippen LogP contribution in [0.3, 0.4) is 0 Å². The van der Waals surface area contributed by atoms with E-state index >= 15 is 0 Å². The van der Waals surface area contributed by atoms with E-state index in [1.807, 2.05) is 0 Å². The minimum Gasteiger partial charge on any atom is -0.428 e. The van der Waals surface area contributed by atoms with Crippen LogP contribution < -0.4 is 13.7 Å². The molecule has 2 aromatic carbocycles. The maximum absolute atomic E-state index is 13.1. The maximum Gasteiger partial charge on any atom is 0.418 e. The first-order chi connectivity index (χ1) is 11.3. The summed E-state index contributed by atoms with van der Waals surface area (Å²) in [6, 6.07) is 11.6. The van der Waals surface area contributed by atoms with Gasteiger partial charge in [-0.15, -0.1) is 0 Å². The summed E-state index contributed by atoms with van der Waals surface area (Å²) in [7, 11) is 0. The molecule has 0 aliphatic rings. The SMILES string of the molecule is O=C(NC(=S)Nc1ccc(OI)cc1C(F)(F)F)c1ccccc1. The van der Waals surface area contributed by atoms with Crippen LogP contribution in [0.2, 0.25) is 0 Å². The third-order valence-electron chi connectivity index (χ3n) is 2.90. The van der Waals surface area contributed by atoms with Crippen LogP contribution in [0.5, 0.6) is 5.75 Å². The van der Waals surface area contributed by atoms with Crippen molar-refractivity contribution < 1.29 is 21.0 Å². The van der Waals surface area contributed by atoms with Gasteiger partial charge in [-0.1, -0.05) is 18.2 Å². The molecule has 0 aromatic heterocycles. The molecule has 9 heteroatoms. The summed E-state index contributed by atoms with van der Waals surface area (Å²) >= 11 is 6.40. The third kappa shape index (κ3) is 4.81. The van der Waals surface area contributed by atoms with Crippen molar-refractivity contribution in [1.82, 2.24) is 5.32 Å². The van der Waals surface area contributed by atoms with E-state index in [9.17, 15) is 18.0 Å². The number of nitrogens with one attached hydrogen (secondary N) is 2. The van der Waals surface area contributed by atoms with Gasteiger partial charge in [-0.2, -0.15) is 13.2 Å². The zero-order valence-electron chi connectivity index (χ0n) is 11.9. The van der Waals surface area contributed by atoms with Gasteiger partial charge in [-0.05, 0) is 42.5 Å². The summed E-state index contributed by atoms with van der Waals surface area (Å²) in [6.45, 7) is 0. The lowest BCUT2D eigenvalue weighted by Crippen LogP contribution is -2.34. The Morgan fingerprint density at radius 2 is 1.79 bits per heavy atom. The van der Waals surface area contributed by atoms with Crippen molar-refractivity contribution >= 4 is 51.9 Å². The van der Waals surface area contributed by atoms with Gasteiger partial charge in [0.2, 0.25) is 0 Å². The number of hydrogen-bond donors (Lipinski definition) is 2. The topological polar surface area (TPSA) is 50.4 Å². The summed E-state index contributed by atoms with van der Waals surface area (Å²) in [5.74, 6) is -0.471. The summed E-state index contributed by atoms with van der Waals surface area (Å²) in [4.78, 5) is 11.9. The highest BCUT2D eigenvalue weighted by Crippen LogP contribution is 2.37. The maximum atomic E-state index is 13.1. The van der Waals surface area contributed by atoms with Crippen molar-refractivity contribution in [2.75, 3.05) is 5.32 Å². The molecule has 0 atom stereocenters. The van der Waals surface area contributed by atoms with Crippen molar-refractivity contribution in [2.24, 2.45) is 0 Å². The molecule has 0 aliphatic carbocycles. The highest BCUT2D eigenvalue weighted by Gasteiger charge is 2.34. The summed E-state index contributed by atoms with van der Waals surface area (Å²) in [5.41, 5.74) is -0.891. The zero-order chi connectivity index (χ0) is 17.7. The van der Waals surface area contributed by atoms with Gasteiger partial charge in [-0.3, -0.25) is 10.1 Å². The average Bonchev–Trinajstić information content (AvgIpc) is 2.55. The fraction of sp³-hybridized carbons (Fsp3) is 0.0667. The number of carbonyl (C=O) groups excluding carboxylic acids is 1. The molecule has 0 saturated carbocycles. The van der Waals surface area contributed by atoms with Crippen LogP contribution in [0.15, 0.2) is 48.5 Å². The highest BCUT2D eigenvalue weighted by atomic mass is 127. The molecular formula is C15H10F3IN2O2S. The Balaban J connectivity index is 2.16. The highest BCUT2D eigenvalue weighted by molar-refractivity contribution is 14.1. The third-order valence-corrected chi connectivity index (χ3v) is 3.61. The van der Waals surface area contributed by atoms with Crippen LogP contribution in [0, 0.1) is 0 Å². The van der Waals surface area contributed by atoms with E-state index in [4.69, 9.17) is 15.3 Å². The van der Waals surface area contributed by atoms with E-state index < -0.39 is 17.6 Å². The van der Waals surface area contributed by atoms with Gasteiger partial charge in [-0.25, -0.2) is 0 Å². The van der Waals surface area contributed by atoms with E-state index in [0.29, 0.717) is 5.56 Å². The number of hydrogen-bond acceptors (Lipinski definition) is 3. The predicted molar refractivity (Wildman–Crippen MR) is 96.2 cm³/mol. The normalized spacial score (nSPS) is 10.8. The van der Waals surface area contributed by atoms with Crippen molar-refractivity contribution in [3.63, 3.8) is 0 Å². The number of amides is 1. The quantitative estimate of drug-likeness (QED) is 0.515. The second kappa shape index (κ2) is 7.79. The molecule has 0 aliphatic heterocycles. The van der Waals surface area contributed by atoms with Crippen LogP contribution in [0.4, 0.5) is 18.9 Å². The zero-order valence-corrected chi connectivity index (χ0v) is 14.8. The molecule has 126 valence electrons. The monoisotopic (exact) mass is 466 g/mol. The fourth-order valence-electron chi connectivity index (χ4n) is 1.83. The van der Waals surface area contributed by atoms with Gasteiger partial charge >= 0.3 is 6.18 Å². The largest absolute Gasteiger partial charge is 0.428 e. The molecule has 0 saturated heterocycles. The standard InChI is InChI=1S/C15H10F3IN2O2S/c16-15(17,18)11-8-10(23-19)6-7-12(11)20-14(24)21-13(22)9-4-2-1-3-5-9/h1-8H,(H2,20,21,22,24). The van der Waals surface area contributed by atoms with Crippen molar-refractivity contribution in [1.29, 1.82) is 0 Å². The summed E-state index contributed by atoms with van der Waals surface area (Å²) in [6.07, 6.45) is -4.60. The molecule has 1 amide bonds. The molecule has 0 bridgehead atoms. The fourth-order valence-corrected chi connectivity index (χ4v) is 2.31. The molecule has 2 aromatic rings. The summed E-state index contributed by atoms with van der Waals surface area (Å²) < 4.78 is 44.1. The average molecular weight is 466 g/mol. The first-order valence-electron chi connectivity index (χ1n) is 6.48. The Bertz CT molecular complexity index is 754. The number of thiocarbonyl (C=S) groups is 1. The van der Waals surface area contributed by atoms with Crippen molar-refractivity contribution in [3.8, 4) is 5.75 Å². The minimum atomic E-state index is -4.60. The smallest absolute Gasteiger partial charge is 0.418 e. The van der Waals surface area contributed by atoms with E-state index in [-0.39, 0.29) is 16.5 Å². The molecule has 24 heavy (non-hydrogen) atoms. The number of rotatable bonds is 3. The van der Waals surface area contributed by atoms with Gasteiger partial charge in [0.25, 0.3) is 5.91 Å². The molecule has 0 radical (unpaired) electrons. The van der Waals surface area contributed by atoms with Crippen LogP contribution in [0.1, 0.15) is 15.9 Å². The van der Waals surface area contributed by atoms with E-state index in [1.165, 1.54) is 35.1 Å². The van der Waals surface area contributed by atoms with E-state index in [1.54, 1.807) is 30.3 Å². The number of anilines is 1. The van der Waals surface area contributed by atoms with Gasteiger partial charge < -0.3 is 8.38 Å². The first kappa shape index (κ1) is 18.5. The Kier molecular flexibility index (Phi) is 5.99.